The Bertz CT molecular complexity index is 426. The summed E-state index contributed by atoms with van der Waals surface area (Å²) < 4.78 is 0. The number of nitrogens with one attached hydrogen (secondary N) is 1. The third kappa shape index (κ3) is 1.95. The van der Waals surface area contributed by atoms with Gasteiger partial charge in [0.1, 0.15) is 0 Å². The standard InChI is InChI=1S/C13H17NO2/c1-8-3-4-9(2)13-10(8)5-6-14-11(13)7-12(15)16/h3-4,11,14H,5-7H2,1-2H3,(H,15,16). The van der Waals surface area contributed by atoms with Gasteiger partial charge in [-0.05, 0) is 49.1 Å². The molecule has 1 atom stereocenters. The molecular formula is C13H17NO2. The van der Waals surface area contributed by atoms with Crippen molar-refractivity contribution >= 4 is 5.97 Å². The third-order valence-electron chi connectivity index (χ3n) is 3.30. The molecule has 86 valence electrons. The number of benzene rings is 1. The molecule has 1 aliphatic rings. The number of aliphatic carboxylic acids is 1. The maximum absolute atomic E-state index is 10.8. The van der Waals surface area contributed by atoms with Gasteiger partial charge in [-0.2, -0.15) is 0 Å². The zero-order chi connectivity index (χ0) is 11.7. The lowest BCUT2D eigenvalue weighted by Crippen LogP contribution is -2.32. The van der Waals surface area contributed by atoms with E-state index in [4.69, 9.17) is 5.11 Å². The van der Waals surface area contributed by atoms with E-state index < -0.39 is 5.97 Å². The molecule has 1 unspecified atom stereocenters. The number of fused-ring (bicyclic) bond motifs is 1. The maximum atomic E-state index is 10.8. The molecule has 0 fully saturated rings. The molecule has 0 bridgehead atoms. The van der Waals surface area contributed by atoms with E-state index in [-0.39, 0.29) is 12.5 Å². The second-order valence-corrected chi connectivity index (χ2v) is 4.45. The van der Waals surface area contributed by atoms with Gasteiger partial charge in [-0.1, -0.05) is 12.1 Å². The van der Waals surface area contributed by atoms with Gasteiger partial charge in [0.05, 0.1) is 6.42 Å². The third-order valence-corrected chi connectivity index (χ3v) is 3.30. The van der Waals surface area contributed by atoms with E-state index in [1.165, 1.54) is 22.3 Å². The van der Waals surface area contributed by atoms with Gasteiger partial charge in [0.2, 0.25) is 0 Å². The number of hydrogen-bond donors (Lipinski definition) is 2. The van der Waals surface area contributed by atoms with Crippen LogP contribution in [0, 0.1) is 13.8 Å². The SMILES string of the molecule is Cc1ccc(C)c2c1CCNC2CC(=O)O. The predicted octanol–water partition coefficient (Wildman–Crippen LogP) is 1.96. The fraction of sp³-hybridized carbons (Fsp3) is 0.462. The number of carboxylic acids is 1. The van der Waals surface area contributed by atoms with Gasteiger partial charge in [0.25, 0.3) is 0 Å². The normalized spacial score (nSPS) is 19.2. The average molecular weight is 219 g/mol. The summed E-state index contributed by atoms with van der Waals surface area (Å²) in [6.07, 6.45) is 1.16. The van der Waals surface area contributed by atoms with Crippen LogP contribution in [-0.4, -0.2) is 17.6 Å². The number of hydrogen-bond acceptors (Lipinski definition) is 2. The molecule has 1 aromatic carbocycles. The van der Waals surface area contributed by atoms with E-state index in [0.717, 1.165) is 13.0 Å². The van der Waals surface area contributed by atoms with Crippen molar-refractivity contribution in [1.82, 2.24) is 5.32 Å². The Hall–Kier alpha value is -1.35. The Morgan fingerprint density at radius 3 is 2.81 bits per heavy atom. The van der Waals surface area contributed by atoms with Crippen LogP contribution in [0.5, 0.6) is 0 Å². The van der Waals surface area contributed by atoms with Gasteiger partial charge < -0.3 is 10.4 Å². The Morgan fingerprint density at radius 2 is 2.12 bits per heavy atom. The summed E-state index contributed by atoms with van der Waals surface area (Å²) in [5.74, 6) is -0.744. The molecular weight excluding hydrogens is 202 g/mol. The highest BCUT2D eigenvalue weighted by Crippen LogP contribution is 2.30. The smallest absolute Gasteiger partial charge is 0.305 e. The molecule has 2 rings (SSSR count). The summed E-state index contributed by atoms with van der Waals surface area (Å²) >= 11 is 0. The van der Waals surface area contributed by atoms with Crippen LogP contribution in [0.4, 0.5) is 0 Å². The first-order valence-corrected chi connectivity index (χ1v) is 5.63. The number of aryl methyl sites for hydroxylation is 2. The highest BCUT2D eigenvalue weighted by atomic mass is 16.4. The fourth-order valence-electron chi connectivity index (χ4n) is 2.53. The molecule has 0 aliphatic carbocycles. The molecule has 16 heavy (non-hydrogen) atoms. The molecule has 0 radical (unpaired) electrons. The molecule has 1 heterocycles. The summed E-state index contributed by atoms with van der Waals surface area (Å²) in [6, 6.07) is 4.18. The van der Waals surface area contributed by atoms with Crippen molar-refractivity contribution in [3.8, 4) is 0 Å². The monoisotopic (exact) mass is 219 g/mol. The van der Waals surface area contributed by atoms with Crippen LogP contribution >= 0.6 is 0 Å². The number of carbonyl (C=O) groups is 1. The van der Waals surface area contributed by atoms with Crippen molar-refractivity contribution in [2.24, 2.45) is 0 Å². The second-order valence-electron chi connectivity index (χ2n) is 4.45. The molecule has 0 spiro atoms. The molecule has 0 saturated heterocycles. The zero-order valence-electron chi connectivity index (χ0n) is 9.71. The van der Waals surface area contributed by atoms with Crippen LogP contribution < -0.4 is 5.32 Å². The minimum Gasteiger partial charge on any atom is -0.481 e. The summed E-state index contributed by atoms with van der Waals surface area (Å²) in [5, 5.41) is 12.2. The van der Waals surface area contributed by atoms with Crippen molar-refractivity contribution in [3.63, 3.8) is 0 Å². The van der Waals surface area contributed by atoms with Gasteiger partial charge in [0, 0.05) is 6.04 Å². The topological polar surface area (TPSA) is 49.3 Å². The first-order valence-electron chi connectivity index (χ1n) is 5.63. The molecule has 0 amide bonds. The molecule has 3 nitrogen and oxygen atoms in total. The molecule has 0 saturated carbocycles. The van der Waals surface area contributed by atoms with Crippen molar-refractivity contribution in [3.05, 3.63) is 34.4 Å². The molecule has 0 aromatic heterocycles. The van der Waals surface area contributed by atoms with Crippen molar-refractivity contribution in [2.75, 3.05) is 6.54 Å². The zero-order valence-corrected chi connectivity index (χ0v) is 9.71. The van der Waals surface area contributed by atoms with Gasteiger partial charge in [-0.15, -0.1) is 0 Å². The summed E-state index contributed by atoms with van der Waals surface area (Å²) in [6.45, 7) is 5.02. The number of rotatable bonds is 2. The van der Waals surface area contributed by atoms with Crippen molar-refractivity contribution in [2.45, 2.75) is 32.7 Å². The van der Waals surface area contributed by atoms with Crippen LogP contribution in [-0.2, 0) is 11.2 Å². The largest absolute Gasteiger partial charge is 0.481 e. The average Bonchev–Trinajstić information content (AvgIpc) is 2.23. The molecule has 2 N–H and O–H groups in total. The number of carboxylic acid groups (broad SMARTS) is 1. The van der Waals surface area contributed by atoms with Crippen LogP contribution in [0.3, 0.4) is 0 Å². The van der Waals surface area contributed by atoms with Gasteiger partial charge >= 0.3 is 5.97 Å². The van der Waals surface area contributed by atoms with Crippen LogP contribution in [0.25, 0.3) is 0 Å². The van der Waals surface area contributed by atoms with E-state index in [9.17, 15) is 4.79 Å². The van der Waals surface area contributed by atoms with Crippen molar-refractivity contribution < 1.29 is 9.90 Å². The minimum atomic E-state index is -0.744. The summed E-state index contributed by atoms with van der Waals surface area (Å²) in [4.78, 5) is 10.8. The lowest BCUT2D eigenvalue weighted by atomic mass is 9.86. The van der Waals surface area contributed by atoms with Crippen LogP contribution in [0.15, 0.2) is 12.1 Å². The Morgan fingerprint density at radius 1 is 1.44 bits per heavy atom. The molecule has 3 heteroatoms. The van der Waals surface area contributed by atoms with E-state index >= 15 is 0 Å². The predicted molar refractivity (Wildman–Crippen MR) is 62.6 cm³/mol. The summed E-state index contributed by atoms with van der Waals surface area (Å²) in [7, 11) is 0. The Balaban J connectivity index is 2.44. The minimum absolute atomic E-state index is 0.0267. The van der Waals surface area contributed by atoms with Crippen molar-refractivity contribution in [1.29, 1.82) is 0 Å². The fourth-order valence-corrected chi connectivity index (χ4v) is 2.53. The lowest BCUT2D eigenvalue weighted by molar-refractivity contribution is -0.137. The van der Waals surface area contributed by atoms with Crippen LogP contribution in [0.1, 0.15) is 34.7 Å². The highest BCUT2D eigenvalue weighted by molar-refractivity contribution is 5.68. The van der Waals surface area contributed by atoms with E-state index in [0.29, 0.717) is 0 Å². The first kappa shape index (κ1) is 11.1. The van der Waals surface area contributed by atoms with E-state index in [2.05, 4.69) is 31.3 Å². The van der Waals surface area contributed by atoms with Crippen LogP contribution in [0.2, 0.25) is 0 Å². The van der Waals surface area contributed by atoms with Gasteiger partial charge in [-0.3, -0.25) is 4.79 Å². The Labute approximate surface area is 95.5 Å². The second kappa shape index (κ2) is 4.26. The maximum Gasteiger partial charge on any atom is 0.305 e. The first-order chi connectivity index (χ1) is 7.59. The molecule has 1 aromatic rings. The highest BCUT2D eigenvalue weighted by Gasteiger charge is 2.24. The lowest BCUT2D eigenvalue weighted by Gasteiger charge is -2.29. The Kier molecular flexibility index (Phi) is 2.97. The quantitative estimate of drug-likeness (QED) is 0.799. The van der Waals surface area contributed by atoms with Gasteiger partial charge in [0.15, 0.2) is 0 Å². The van der Waals surface area contributed by atoms with E-state index in [1.807, 2.05) is 0 Å². The summed E-state index contributed by atoms with van der Waals surface area (Å²) in [5.41, 5.74) is 5.01. The van der Waals surface area contributed by atoms with Gasteiger partial charge in [-0.25, -0.2) is 0 Å². The molecule has 1 aliphatic heterocycles. The van der Waals surface area contributed by atoms with E-state index in [1.54, 1.807) is 0 Å².